The topological polar surface area (TPSA) is 232 Å². The summed E-state index contributed by atoms with van der Waals surface area (Å²) in [4.78, 5) is 90.6. The third-order valence-corrected chi connectivity index (χ3v) is 6.00. The van der Waals surface area contributed by atoms with Crippen LogP contribution in [0, 0.1) is 0 Å². The number of ether oxygens (including phenoxy) is 2. The van der Waals surface area contributed by atoms with Gasteiger partial charge in [0.05, 0.1) is 39.5 Å². The van der Waals surface area contributed by atoms with Crippen molar-refractivity contribution in [1.29, 1.82) is 0 Å². The molecule has 1 atom stereocenters. The van der Waals surface area contributed by atoms with E-state index in [0.717, 1.165) is 0 Å². The maximum atomic E-state index is 12.5. The Labute approximate surface area is 255 Å². The number of nitrogens with zero attached hydrogens (tertiary/aromatic N) is 4. The number of carbonyl (C=O) groups excluding carboxylic acids is 5. The lowest BCUT2D eigenvalue weighted by atomic mass is 10.1. The molecule has 5 N–H and O–H groups in total. The summed E-state index contributed by atoms with van der Waals surface area (Å²) in [7, 11) is 3.26. The summed E-state index contributed by atoms with van der Waals surface area (Å²) in [6, 6.07) is -0.951. The molecule has 0 unspecified atom stereocenters. The van der Waals surface area contributed by atoms with Crippen molar-refractivity contribution in [3.8, 4) is 0 Å². The number of nitrogens with two attached hydrogens (primary N) is 1. The summed E-state index contributed by atoms with van der Waals surface area (Å²) in [5.41, 5.74) is 4.95. The van der Waals surface area contributed by atoms with Crippen molar-refractivity contribution in [3.63, 3.8) is 0 Å². The molecule has 1 heterocycles. The Balaban J connectivity index is 2.47. The number of aliphatic carboxylic acids is 1. The van der Waals surface area contributed by atoms with Crippen LogP contribution < -0.4 is 16.4 Å². The highest BCUT2D eigenvalue weighted by molar-refractivity contribution is 5.78. The number of rotatable bonds is 20. The molecule has 0 aromatic rings. The van der Waals surface area contributed by atoms with Crippen LogP contribution in [0.4, 0.5) is 0 Å². The summed E-state index contributed by atoms with van der Waals surface area (Å²) >= 11 is 0. The summed E-state index contributed by atoms with van der Waals surface area (Å²) < 4.78 is 10.2. The van der Waals surface area contributed by atoms with E-state index in [2.05, 4.69) is 10.6 Å². The second-order valence-electron chi connectivity index (χ2n) is 9.77. The van der Waals surface area contributed by atoms with E-state index in [-0.39, 0.29) is 89.8 Å². The molecular weight excluding hydrogens is 590 g/mol. The lowest BCUT2D eigenvalue weighted by Gasteiger charge is -2.29. The van der Waals surface area contributed by atoms with E-state index in [1.807, 2.05) is 0 Å². The molecule has 1 aliphatic heterocycles. The first kappa shape index (κ1) is 38.6. The Kier molecular flexibility index (Phi) is 19.4. The van der Waals surface area contributed by atoms with Gasteiger partial charge >= 0.3 is 23.9 Å². The molecule has 2 amide bonds. The highest BCUT2D eigenvalue weighted by Crippen LogP contribution is 2.09. The monoisotopic (exact) mass is 635 g/mol. The first-order valence-corrected chi connectivity index (χ1v) is 14.1. The first-order chi connectivity index (χ1) is 20.9. The van der Waals surface area contributed by atoms with Gasteiger partial charge in [-0.05, 0) is 27.1 Å². The minimum Gasteiger partial charge on any atom is -0.480 e. The van der Waals surface area contributed by atoms with Crippen molar-refractivity contribution < 1.29 is 57.9 Å². The van der Waals surface area contributed by atoms with Crippen molar-refractivity contribution in [2.45, 2.75) is 25.8 Å². The molecule has 1 aliphatic rings. The van der Waals surface area contributed by atoms with Gasteiger partial charge in [0, 0.05) is 39.1 Å². The van der Waals surface area contributed by atoms with Crippen molar-refractivity contribution in [2.75, 3.05) is 99.4 Å². The van der Waals surface area contributed by atoms with Gasteiger partial charge in [-0.25, -0.2) is 14.4 Å². The fourth-order valence-electron chi connectivity index (χ4n) is 3.76. The van der Waals surface area contributed by atoms with E-state index in [1.165, 1.54) is 0 Å². The van der Waals surface area contributed by atoms with Crippen LogP contribution in [0.15, 0.2) is 0 Å². The number of hydrogen-bond donors (Lipinski definition) is 4. The molecule has 44 heavy (non-hydrogen) atoms. The predicted molar refractivity (Wildman–Crippen MR) is 150 cm³/mol. The molecule has 0 spiro atoms. The van der Waals surface area contributed by atoms with Crippen LogP contribution in [0.3, 0.4) is 0 Å². The normalized spacial score (nSPS) is 16.1. The van der Waals surface area contributed by atoms with E-state index in [0.29, 0.717) is 19.6 Å². The van der Waals surface area contributed by atoms with Gasteiger partial charge in [-0.2, -0.15) is 0 Å². The van der Waals surface area contributed by atoms with Crippen LogP contribution in [0.1, 0.15) is 19.8 Å². The van der Waals surface area contributed by atoms with Crippen LogP contribution >= 0.6 is 0 Å². The van der Waals surface area contributed by atoms with Gasteiger partial charge in [0.15, 0.2) is 0 Å². The molecular formula is C25H45N7O12. The summed E-state index contributed by atoms with van der Waals surface area (Å²) in [5.74, 6) is -4.57. The average Bonchev–Trinajstić information content (AvgIpc) is 2.95. The van der Waals surface area contributed by atoms with Gasteiger partial charge < -0.3 is 30.9 Å². The number of primary amides is 1. The Hall–Kier alpha value is -3.46. The Morgan fingerprint density at radius 2 is 1.82 bits per heavy atom. The third-order valence-electron chi connectivity index (χ3n) is 6.00. The van der Waals surface area contributed by atoms with Crippen molar-refractivity contribution >= 4 is 35.7 Å². The smallest absolute Gasteiger partial charge is 0.346 e. The summed E-state index contributed by atoms with van der Waals surface area (Å²) in [6.45, 7) is 3.49. The van der Waals surface area contributed by atoms with Gasteiger partial charge in [-0.1, -0.05) is 6.92 Å². The molecule has 0 aliphatic carbocycles. The fourth-order valence-corrected chi connectivity index (χ4v) is 3.76. The zero-order chi connectivity index (χ0) is 32.9. The number of amides is 2. The van der Waals surface area contributed by atoms with Crippen molar-refractivity contribution in [1.82, 2.24) is 30.7 Å². The molecule has 0 aromatic heterocycles. The molecule has 1 rings (SSSR count). The maximum absolute atomic E-state index is 12.5. The van der Waals surface area contributed by atoms with E-state index in [4.69, 9.17) is 29.7 Å². The van der Waals surface area contributed by atoms with Crippen LogP contribution in [0.5, 0.6) is 0 Å². The molecule has 1 fully saturated rings. The fraction of sp³-hybridized carbons (Fsp3) is 0.760. The predicted octanol–water partition coefficient (Wildman–Crippen LogP) is -3.68. The lowest BCUT2D eigenvalue weighted by Crippen LogP contribution is -2.46. The number of carboxylic acid groups (broad SMARTS) is 1. The molecule has 0 radical (unpaired) electrons. The third kappa shape index (κ3) is 18.3. The number of carboxylic acids is 1. The standard InChI is InChI=1S/C25H45N7O12/c1-4-31(19(25(38)39)5-6-21(34)28-8-12-40-13-14-41-18-20(26)33)11-10-30(3)17-24(37)44-32-42-22(35)15-27-7-9-29(2)16-23(36)43-32/h19,27H,4-18H2,1-3H3,(H2,26,33)(H,28,34)(H,38,39)/t19-/m1/s1. The SMILES string of the molecule is CCN(CCN(C)CC(=O)ON1OC(=O)CNCCN(C)CC(=O)O1)[C@H](CCC(=O)NCCOCCOCC(N)=O)C(=O)O. The van der Waals surface area contributed by atoms with Gasteiger partial charge in [0.1, 0.15) is 12.6 Å². The van der Waals surface area contributed by atoms with E-state index >= 15 is 0 Å². The maximum Gasteiger partial charge on any atom is 0.346 e. The summed E-state index contributed by atoms with van der Waals surface area (Å²) in [5, 5.41) is 15.3. The van der Waals surface area contributed by atoms with Crippen molar-refractivity contribution in [3.05, 3.63) is 0 Å². The summed E-state index contributed by atoms with van der Waals surface area (Å²) in [6.07, 6.45) is 0.0221. The number of hydrogen-bond acceptors (Lipinski definition) is 16. The highest BCUT2D eigenvalue weighted by atomic mass is 17.2. The van der Waals surface area contributed by atoms with E-state index in [1.54, 1.807) is 35.7 Å². The molecule has 0 saturated carbocycles. The Bertz CT molecular complexity index is 941. The van der Waals surface area contributed by atoms with Gasteiger partial charge in [0.25, 0.3) is 0 Å². The lowest BCUT2D eigenvalue weighted by molar-refractivity contribution is -0.463. The second-order valence-corrected chi connectivity index (χ2v) is 9.77. The second kappa shape index (κ2) is 22.1. The van der Waals surface area contributed by atoms with Crippen LogP contribution in [-0.4, -0.2) is 166 Å². The first-order valence-electron chi connectivity index (χ1n) is 14.1. The number of carbonyl (C=O) groups is 6. The zero-order valence-electron chi connectivity index (χ0n) is 25.5. The van der Waals surface area contributed by atoms with Gasteiger partial charge in [-0.3, -0.25) is 43.6 Å². The Morgan fingerprint density at radius 1 is 1.11 bits per heavy atom. The molecule has 0 aromatic carbocycles. The minimum atomic E-state index is -1.09. The highest BCUT2D eigenvalue weighted by Gasteiger charge is 2.27. The Morgan fingerprint density at radius 3 is 2.50 bits per heavy atom. The molecule has 252 valence electrons. The van der Waals surface area contributed by atoms with Crippen LogP contribution in [-0.2, 0) is 52.8 Å². The quantitative estimate of drug-likeness (QED) is 0.0943. The molecule has 0 bridgehead atoms. The van der Waals surface area contributed by atoms with Gasteiger partial charge in [-0.15, -0.1) is 0 Å². The van der Waals surface area contributed by atoms with E-state index < -0.39 is 35.8 Å². The molecule has 19 nitrogen and oxygen atoms in total. The van der Waals surface area contributed by atoms with Crippen LogP contribution in [0.2, 0.25) is 0 Å². The number of nitrogens with one attached hydrogen (secondary N) is 2. The zero-order valence-corrected chi connectivity index (χ0v) is 25.5. The largest absolute Gasteiger partial charge is 0.480 e. The molecule has 1 saturated heterocycles. The average molecular weight is 636 g/mol. The van der Waals surface area contributed by atoms with Crippen LogP contribution in [0.25, 0.3) is 0 Å². The van der Waals surface area contributed by atoms with E-state index in [9.17, 15) is 33.9 Å². The molecule has 19 heteroatoms. The van der Waals surface area contributed by atoms with Crippen molar-refractivity contribution in [2.24, 2.45) is 5.73 Å². The van der Waals surface area contributed by atoms with Gasteiger partial charge in [0.2, 0.25) is 17.2 Å². The number of likely N-dealkylation sites (N-methyl/N-ethyl adjacent to an activating group) is 3. The minimum absolute atomic E-state index is 0.0318.